The molecule has 1 aliphatic rings. The number of aromatic nitrogens is 2. The van der Waals surface area contributed by atoms with Gasteiger partial charge in [-0.1, -0.05) is 0 Å². The van der Waals surface area contributed by atoms with Crippen molar-refractivity contribution in [3.63, 3.8) is 0 Å². The van der Waals surface area contributed by atoms with Crippen molar-refractivity contribution in [2.45, 2.75) is 58.2 Å². The van der Waals surface area contributed by atoms with E-state index in [0.29, 0.717) is 29.8 Å². The van der Waals surface area contributed by atoms with Crippen LogP contribution in [0, 0.1) is 0 Å². The monoisotopic (exact) mass is 470 g/mol. The highest BCUT2D eigenvalue weighted by atomic mass is 32.2. The number of amides is 1. The first-order valence-electron chi connectivity index (χ1n) is 11.2. The largest absolute Gasteiger partial charge is 0.369 e. The molecule has 8 heteroatoms. The first-order chi connectivity index (χ1) is 15.5. The number of hydrogen-bond acceptors (Lipinski definition) is 6. The molecule has 0 spiro atoms. The molecule has 6 nitrogen and oxygen atoms in total. The van der Waals surface area contributed by atoms with Crippen LogP contribution < -0.4 is 15.8 Å². The fourth-order valence-electron chi connectivity index (χ4n) is 4.25. The lowest BCUT2D eigenvalue weighted by Gasteiger charge is -2.27. The average Bonchev–Trinajstić information content (AvgIpc) is 3.33. The van der Waals surface area contributed by atoms with Crippen molar-refractivity contribution >= 4 is 50.6 Å². The van der Waals surface area contributed by atoms with Crippen molar-refractivity contribution in [3.05, 3.63) is 50.9 Å². The summed E-state index contributed by atoms with van der Waals surface area (Å²) in [5, 5.41) is 3.76. The van der Waals surface area contributed by atoms with Crippen molar-refractivity contribution in [1.82, 2.24) is 9.97 Å². The van der Waals surface area contributed by atoms with Crippen LogP contribution in [0.25, 0.3) is 10.2 Å². The lowest BCUT2D eigenvalue weighted by Crippen LogP contribution is -2.30. The number of aromatic amines is 1. The lowest BCUT2D eigenvalue weighted by molar-refractivity contribution is -0.115. The molecule has 4 rings (SSSR count). The van der Waals surface area contributed by atoms with Crippen molar-refractivity contribution in [2.24, 2.45) is 0 Å². The van der Waals surface area contributed by atoms with Crippen molar-refractivity contribution in [3.8, 4) is 0 Å². The molecule has 0 atom stereocenters. The van der Waals surface area contributed by atoms with Crippen LogP contribution >= 0.6 is 23.1 Å². The smallest absolute Gasteiger partial charge is 0.259 e. The van der Waals surface area contributed by atoms with E-state index in [0.717, 1.165) is 47.4 Å². The van der Waals surface area contributed by atoms with Gasteiger partial charge in [-0.05, 0) is 69.9 Å². The molecule has 170 valence electrons. The van der Waals surface area contributed by atoms with Gasteiger partial charge in [0.2, 0.25) is 5.91 Å². The molecule has 0 bridgehead atoms. The molecule has 2 aromatic heterocycles. The van der Waals surface area contributed by atoms with E-state index in [2.05, 4.69) is 41.0 Å². The van der Waals surface area contributed by atoms with Gasteiger partial charge in [-0.25, -0.2) is 4.98 Å². The molecule has 1 aromatic carbocycles. The molecule has 0 fully saturated rings. The summed E-state index contributed by atoms with van der Waals surface area (Å²) < 4.78 is 0. The van der Waals surface area contributed by atoms with E-state index in [1.807, 2.05) is 24.3 Å². The van der Waals surface area contributed by atoms with Gasteiger partial charge < -0.3 is 15.2 Å². The summed E-state index contributed by atoms with van der Waals surface area (Å²) in [6.45, 7) is 7.44. The number of carbonyl (C=O) groups excluding carboxylic acids is 1. The summed E-state index contributed by atoms with van der Waals surface area (Å²) in [7, 11) is 0. The molecule has 1 aliphatic carbocycles. The second-order valence-electron chi connectivity index (χ2n) is 8.33. The Kier molecular flexibility index (Phi) is 7.20. The van der Waals surface area contributed by atoms with Crippen LogP contribution in [-0.4, -0.2) is 34.2 Å². The Bertz CT molecular complexity index is 1150. The minimum Gasteiger partial charge on any atom is -0.369 e. The van der Waals surface area contributed by atoms with Crippen LogP contribution in [0.2, 0.25) is 0 Å². The maximum atomic E-state index is 12.5. The Hall–Kier alpha value is -2.32. The number of hydrogen-bond donors (Lipinski definition) is 2. The van der Waals surface area contributed by atoms with Gasteiger partial charge in [0.05, 0.1) is 11.1 Å². The fraction of sp³-hybridized carbons (Fsp3) is 0.458. The van der Waals surface area contributed by atoms with Gasteiger partial charge in [-0.2, -0.15) is 11.8 Å². The van der Waals surface area contributed by atoms with E-state index in [9.17, 15) is 9.59 Å². The number of H-pyrrole nitrogens is 1. The highest BCUT2D eigenvalue weighted by molar-refractivity contribution is 7.98. The third-order valence-corrected chi connectivity index (χ3v) is 7.94. The normalized spacial score (nSPS) is 13.0. The summed E-state index contributed by atoms with van der Waals surface area (Å²) in [6.07, 6.45) is 3.60. The first-order valence-corrected chi connectivity index (χ1v) is 13.2. The minimum atomic E-state index is -0.0229. The summed E-state index contributed by atoms with van der Waals surface area (Å²) in [4.78, 5) is 36.9. The Morgan fingerprint density at radius 2 is 2.06 bits per heavy atom. The molecule has 32 heavy (non-hydrogen) atoms. The van der Waals surface area contributed by atoms with E-state index < -0.39 is 0 Å². The topological polar surface area (TPSA) is 78.1 Å². The number of anilines is 2. The number of fused-ring (bicyclic) bond motifs is 3. The molecule has 2 N–H and O–H groups in total. The zero-order chi connectivity index (χ0) is 22.7. The molecule has 0 saturated heterocycles. The standard InChI is InChI=1S/C24H30N4O2S2/c1-4-28(15(2)3)17-10-8-16(9-11-17)25-21(29)12-13-31-14-20-26-23(30)22-18-6-5-7-19(18)32-24(22)27-20/h8-11,15H,4-7,12-14H2,1-3H3,(H,25,29)(H,26,27,30). The van der Waals surface area contributed by atoms with E-state index >= 15 is 0 Å². The predicted molar refractivity (Wildman–Crippen MR) is 136 cm³/mol. The molecule has 0 saturated carbocycles. The number of aryl methyl sites for hydroxylation is 2. The number of rotatable bonds is 9. The molecule has 2 heterocycles. The maximum Gasteiger partial charge on any atom is 0.259 e. The lowest BCUT2D eigenvalue weighted by atomic mass is 10.2. The van der Waals surface area contributed by atoms with E-state index in [4.69, 9.17) is 0 Å². The quantitative estimate of drug-likeness (QED) is 0.432. The Morgan fingerprint density at radius 3 is 2.78 bits per heavy atom. The van der Waals surface area contributed by atoms with E-state index in [1.165, 1.54) is 10.4 Å². The van der Waals surface area contributed by atoms with Crippen LogP contribution in [0.1, 0.15) is 49.9 Å². The van der Waals surface area contributed by atoms with Crippen LogP contribution in [0.4, 0.5) is 11.4 Å². The fourth-order valence-corrected chi connectivity index (χ4v) is 6.34. The third-order valence-electron chi connectivity index (χ3n) is 5.78. The highest BCUT2D eigenvalue weighted by Gasteiger charge is 2.21. The predicted octanol–water partition coefficient (Wildman–Crippen LogP) is 4.97. The van der Waals surface area contributed by atoms with Gasteiger partial charge >= 0.3 is 0 Å². The Labute approximate surface area is 196 Å². The molecular weight excluding hydrogens is 440 g/mol. The third kappa shape index (κ3) is 5.02. The van der Waals surface area contributed by atoms with Gasteiger partial charge in [0.25, 0.3) is 5.56 Å². The second kappa shape index (κ2) is 10.1. The summed E-state index contributed by atoms with van der Waals surface area (Å²) in [5.41, 5.74) is 3.15. The molecule has 3 aromatic rings. The van der Waals surface area contributed by atoms with Crippen LogP contribution in [-0.2, 0) is 23.4 Å². The number of nitrogens with zero attached hydrogens (tertiary/aromatic N) is 2. The van der Waals surface area contributed by atoms with Gasteiger partial charge in [-0.3, -0.25) is 9.59 Å². The SMILES string of the molecule is CCN(c1ccc(NC(=O)CCSCc2nc3sc4c(c3c(=O)[nH]2)CCC4)cc1)C(C)C. The minimum absolute atomic E-state index is 0.00644. The number of thiophene rings is 1. The van der Waals surface area contributed by atoms with E-state index in [1.54, 1.807) is 23.1 Å². The van der Waals surface area contributed by atoms with Crippen molar-refractivity contribution in [1.29, 1.82) is 0 Å². The average molecular weight is 471 g/mol. The molecular formula is C24H30N4O2S2. The Morgan fingerprint density at radius 1 is 1.28 bits per heavy atom. The number of carbonyl (C=O) groups is 1. The van der Waals surface area contributed by atoms with Crippen LogP contribution in [0.5, 0.6) is 0 Å². The van der Waals surface area contributed by atoms with Crippen molar-refractivity contribution < 1.29 is 4.79 Å². The molecule has 0 aliphatic heterocycles. The highest BCUT2D eigenvalue weighted by Crippen LogP contribution is 2.34. The van der Waals surface area contributed by atoms with Gasteiger partial charge in [0.1, 0.15) is 10.7 Å². The van der Waals surface area contributed by atoms with Gasteiger partial charge in [0.15, 0.2) is 0 Å². The van der Waals surface area contributed by atoms with Crippen LogP contribution in [0.15, 0.2) is 29.1 Å². The zero-order valence-electron chi connectivity index (χ0n) is 18.9. The van der Waals surface area contributed by atoms with Gasteiger partial charge in [0, 0.05) is 41.0 Å². The summed E-state index contributed by atoms with van der Waals surface area (Å²) in [6, 6.07) is 8.43. The zero-order valence-corrected chi connectivity index (χ0v) is 20.5. The molecule has 1 amide bonds. The molecule has 0 radical (unpaired) electrons. The number of thioether (sulfide) groups is 1. The van der Waals surface area contributed by atoms with Crippen molar-refractivity contribution in [2.75, 3.05) is 22.5 Å². The number of benzene rings is 1. The first kappa shape index (κ1) is 22.9. The number of nitrogens with one attached hydrogen (secondary N) is 2. The Balaban J connectivity index is 1.26. The molecule has 0 unspecified atom stereocenters. The van der Waals surface area contributed by atoms with Gasteiger partial charge in [-0.15, -0.1) is 11.3 Å². The van der Waals surface area contributed by atoms with Crippen LogP contribution in [0.3, 0.4) is 0 Å². The summed E-state index contributed by atoms with van der Waals surface area (Å²) >= 11 is 3.27. The summed E-state index contributed by atoms with van der Waals surface area (Å²) in [5.74, 6) is 1.95. The van der Waals surface area contributed by atoms with E-state index in [-0.39, 0.29) is 11.5 Å². The maximum absolute atomic E-state index is 12.5. The second-order valence-corrected chi connectivity index (χ2v) is 10.5.